The van der Waals surface area contributed by atoms with Crippen molar-refractivity contribution in [3.8, 4) is 0 Å². The zero-order chi connectivity index (χ0) is 10.6. The maximum atomic E-state index is 12.9. The lowest BCUT2D eigenvalue weighted by Crippen LogP contribution is -1.92. The highest BCUT2D eigenvalue weighted by Gasteiger charge is 2.00. The predicted octanol–water partition coefficient (Wildman–Crippen LogP) is 3.22. The van der Waals surface area contributed by atoms with E-state index in [1.165, 1.54) is 6.07 Å². The Balaban J connectivity index is 2.51. The molecule has 0 aromatic heterocycles. The molecule has 1 rings (SSSR count). The van der Waals surface area contributed by atoms with Crippen LogP contribution in [0.4, 0.5) is 4.39 Å². The fourth-order valence-electron chi connectivity index (χ4n) is 1.29. The average Bonchev–Trinajstić information content (AvgIpc) is 2.10. The first-order valence-electron chi connectivity index (χ1n) is 4.53. The monoisotopic (exact) mass is 214 g/mol. The smallest absolute Gasteiger partial charge is 0.221 e. The molecule has 1 aromatic rings. The number of carbonyl (C=O) groups excluding carboxylic acids is 1. The van der Waals surface area contributed by atoms with Gasteiger partial charge in [-0.15, -0.1) is 0 Å². The lowest BCUT2D eigenvalue weighted by molar-refractivity contribution is -0.111. The van der Waals surface area contributed by atoms with E-state index in [9.17, 15) is 9.18 Å². The molecule has 0 N–H and O–H groups in total. The Hall–Kier alpha value is -0.890. The van der Waals surface area contributed by atoms with Crippen LogP contribution in [0.3, 0.4) is 0 Å². The molecule has 0 aliphatic heterocycles. The van der Waals surface area contributed by atoms with Gasteiger partial charge in [0, 0.05) is 6.42 Å². The average molecular weight is 215 g/mol. The van der Waals surface area contributed by atoms with Gasteiger partial charge in [-0.1, -0.05) is 12.1 Å². The molecule has 0 radical (unpaired) electrons. The van der Waals surface area contributed by atoms with Crippen LogP contribution in [0.2, 0.25) is 0 Å². The number of halogens is 2. The van der Waals surface area contributed by atoms with Crippen molar-refractivity contribution in [1.82, 2.24) is 0 Å². The van der Waals surface area contributed by atoms with Gasteiger partial charge >= 0.3 is 0 Å². The Morgan fingerprint density at radius 1 is 1.50 bits per heavy atom. The Labute approximate surface area is 87.9 Å². The van der Waals surface area contributed by atoms with Gasteiger partial charge in [-0.3, -0.25) is 4.79 Å². The van der Waals surface area contributed by atoms with Crippen LogP contribution in [0.15, 0.2) is 18.2 Å². The molecule has 0 atom stereocenters. The van der Waals surface area contributed by atoms with Gasteiger partial charge in [0.15, 0.2) is 0 Å². The van der Waals surface area contributed by atoms with Gasteiger partial charge in [0.05, 0.1) is 0 Å². The molecule has 14 heavy (non-hydrogen) atoms. The summed E-state index contributed by atoms with van der Waals surface area (Å²) in [4.78, 5) is 10.5. The quantitative estimate of drug-likeness (QED) is 0.704. The Morgan fingerprint density at radius 2 is 2.21 bits per heavy atom. The molecule has 76 valence electrons. The zero-order valence-corrected chi connectivity index (χ0v) is 8.77. The number of benzene rings is 1. The molecule has 0 aliphatic carbocycles. The van der Waals surface area contributed by atoms with Crippen molar-refractivity contribution in [3.63, 3.8) is 0 Å². The van der Waals surface area contributed by atoms with E-state index in [-0.39, 0.29) is 11.1 Å². The Bertz CT molecular complexity index is 336. The molecule has 0 unspecified atom stereocenters. The lowest BCUT2D eigenvalue weighted by Gasteiger charge is -2.02. The van der Waals surface area contributed by atoms with E-state index in [0.29, 0.717) is 18.4 Å². The number of rotatable bonds is 4. The zero-order valence-electron chi connectivity index (χ0n) is 8.02. The third-order valence-corrected chi connectivity index (χ3v) is 2.25. The van der Waals surface area contributed by atoms with Gasteiger partial charge < -0.3 is 0 Å². The van der Waals surface area contributed by atoms with E-state index < -0.39 is 0 Å². The fourth-order valence-corrected chi connectivity index (χ4v) is 1.43. The van der Waals surface area contributed by atoms with Crippen LogP contribution < -0.4 is 0 Å². The van der Waals surface area contributed by atoms with Crippen molar-refractivity contribution in [3.05, 3.63) is 35.1 Å². The first-order valence-corrected chi connectivity index (χ1v) is 4.91. The number of hydrogen-bond donors (Lipinski definition) is 0. The van der Waals surface area contributed by atoms with E-state index in [1.807, 2.05) is 0 Å². The second-order valence-electron chi connectivity index (χ2n) is 3.29. The van der Waals surface area contributed by atoms with Gasteiger partial charge in [-0.05, 0) is 48.6 Å². The molecule has 0 bridgehead atoms. The fraction of sp³-hybridized carbons (Fsp3) is 0.364. The molecule has 1 nitrogen and oxygen atoms in total. The van der Waals surface area contributed by atoms with Crippen molar-refractivity contribution in [1.29, 1.82) is 0 Å². The van der Waals surface area contributed by atoms with E-state index >= 15 is 0 Å². The van der Waals surface area contributed by atoms with Crippen molar-refractivity contribution in [2.75, 3.05) is 0 Å². The van der Waals surface area contributed by atoms with Crippen LogP contribution in [-0.2, 0) is 11.2 Å². The second kappa shape index (κ2) is 5.11. The van der Waals surface area contributed by atoms with E-state index in [4.69, 9.17) is 11.6 Å². The molecular weight excluding hydrogens is 203 g/mol. The van der Waals surface area contributed by atoms with E-state index in [2.05, 4.69) is 0 Å². The molecule has 3 heteroatoms. The van der Waals surface area contributed by atoms with Gasteiger partial charge in [-0.25, -0.2) is 4.39 Å². The van der Waals surface area contributed by atoms with Crippen molar-refractivity contribution in [2.24, 2.45) is 0 Å². The number of carbonyl (C=O) groups is 1. The summed E-state index contributed by atoms with van der Waals surface area (Å²) in [6.07, 6.45) is 1.85. The lowest BCUT2D eigenvalue weighted by atomic mass is 10.1. The van der Waals surface area contributed by atoms with Crippen LogP contribution in [-0.4, -0.2) is 5.24 Å². The molecule has 0 spiro atoms. The maximum absolute atomic E-state index is 12.9. The van der Waals surface area contributed by atoms with E-state index in [1.54, 1.807) is 19.1 Å². The second-order valence-corrected chi connectivity index (χ2v) is 3.71. The van der Waals surface area contributed by atoms with Crippen molar-refractivity contribution in [2.45, 2.75) is 26.2 Å². The molecule has 0 saturated heterocycles. The minimum atomic E-state index is -0.316. The first-order chi connectivity index (χ1) is 6.59. The maximum Gasteiger partial charge on any atom is 0.221 e. The highest BCUT2D eigenvalue weighted by atomic mass is 35.5. The summed E-state index contributed by atoms with van der Waals surface area (Å²) in [5.74, 6) is -0.192. The van der Waals surface area contributed by atoms with Crippen molar-refractivity contribution >= 4 is 16.8 Å². The molecule has 1 aromatic carbocycles. The molecule has 0 heterocycles. The van der Waals surface area contributed by atoms with Gasteiger partial charge in [0.1, 0.15) is 5.82 Å². The Kier molecular flexibility index (Phi) is 4.08. The largest absolute Gasteiger partial charge is 0.281 e. The summed E-state index contributed by atoms with van der Waals surface area (Å²) in [7, 11) is 0. The molecular formula is C11H12ClFO. The standard InChI is InChI=1S/C11H12ClFO/c1-8-7-9(5-6-10(8)13)3-2-4-11(12)14/h5-7H,2-4H2,1H3. The van der Waals surface area contributed by atoms with Crippen molar-refractivity contribution < 1.29 is 9.18 Å². The highest BCUT2D eigenvalue weighted by molar-refractivity contribution is 6.63. The predicted molar refractivity (Wildman–Crippen MR) is 54.9 cm³/mol. The summed E-state index contributed by atoms with van der Waals surface area (Å²) in [5.41, 5.74) is 1.68. The van der Waals surface area contributed by atoms with Gasteiger partial charge in [0.25, 0.3) is 0 Å². The molecule has 0 fully saturated rings. The molecule has 0 saturated carbocycles. The van der Waals surface area contributed by atoms with Gasteiger partial charge in [-0.2, -0.15) is 0 Å². The normalized spacial score (nSPS) is 10.2. The topological polar surface area (TPSA) is 17.1 Å². The summed E-state index contributed by atoms with van der Waals surface area (Å²) >= 11 is 5.20. The minimum Gasteiger partial charge on any atom is -0.281 e. The first kappa shape index (κ1) is 11.2. The van der Waals surface area contributed by atoms with E-state index in [0.717, 1.165) is 12.0 Å². The van der Waals surface area contributed by atoms with Crippen LogP contribution in [0, 0.1) is 12.7 Å². The van der Waals surface area contributed by atoms with Crippen LogP contribution in [0.5, 0.6) is 0 Å². The van der Waals surface area contributed by atoms with Crippen LogP contribution in [0.1, 0.15) is 24.0 Å². The third-order valence-electron chi connectivity index (χ3n) is 2.06. The SMILES string of the molecule is Cc1cc(CCCC(=O)Cl)ccc1F. The van der Waals surface area contributed by atoms with Crippen LogP contribution >= 0.6 is 11.6 Å². The third kappa shape index (κ3) is 3.46. The highest BCUT2D eigenvalue weighted by Crippen LogP contribution is 2.12. The summed E-state index contributed by atoms with van der Waals surface area (Å²) in [6, 6.07) is 4.99. The summed E-state index contributed by atoms with van der Waals surface area (Å²) < 4.78 is 12.9. The molecule has 0 aliphatic rings. The molecule has 0 amide bonds. The van der Waals surface area contributed by atoms with Gasteiger partial charge in [0.2, 0.25) is 5.24 Å². The summed E-state index contributed by atoms with van der Waals surface area (Å²) in [6.45, 7) is 1.73. The van der Waals surface area contributed by atoms with Crippen LogP contribution in [0.25, 0.3) is 0 Å². The number of aryl methyl sites for hydroxylation is 2. The number of hydrogen-bond acceptors (Lipinski definition) is 1. The summed E-state index contributed by atoms with van der Waals surface area (Å²) in [5, 5.41) is -0.316. The Morgan fingerprint density at radius 3 is 2.79 bits per heavy atom. The minimum absolute atomic E-state index is 0.192.